The van der Waals surface area contributed by atoms with Gasteiger partial charge in [0.05, 0.1) is 5.75 Å². The summed E-state index contributed by atoms with van der Waals surface area (Å²) < 4.78 is 48.2. The molecular formula is C29H29FN2O3S. The number of rotatable bonds is 5. The van der Waals surface area contributed by atoms with Crippen molar-refractivity contribution in [3.63, 3.8) is 0 Å². The minimum Gasteiger partial charge on any atom is -0.488 e. The zero-order valence-electron chi connectivity index (χ0n) is 20.1. The minimum atomic E-state index is -3.35. The van der Waals surface area contributed by atoms with Crippen LogP contribution < -0.4 is 0 Å². The van der Waals surface area contributed by atoms with Gasteiger partial charge in [0.25, 0.3) is 0 Å². The largest absolute Gasteiger partial charge is 0.488 e. The Hall–Kier alpha value is -3.00. The molecule has 6 rings (SSSR count). The van der Waals surface area contributed by atoms with E-state index in [1.807, 2.05) is 48.5 Å². The molecule has 7 heteroatoms. The number of piperazine rings is 1. The number of hydrogen-bond acceptors (Lipinski definition) is 4. The fraction of sp³-hybridized carbons (Fsp3) is 0.310. The first-order chi connectivity index (χ1) is 17.5. The van der Waals surface area contributed by atoms with Crippen molar-refractivity contribution in [3.05, 3.63) is 106 Å². The second kappa shape index (κ2) is 9.47. The number of sulfonamides is 1. The van der Waals surface area contributed by atoms with Crippen LogP contribution in [0.5, 0.6) is 0 Å². The van der Waals surface area contributed by atoms with Gasteiger partial charge in [-0.05, 0) is 40.8 Å². The third kappa shape index (κ3) is 4.59. The molecule has 0 amide bonds. The van der Waals surface area contributed by atoms with Crippen molar-refractivity contribution in [1.82, 2.24) is 9.21 Å². The predicted molar refractivity (Wildman–Crippen MR) is 139 cm³/mol. The van der Waals surface area contributed by atoms with Gasteiger partial charge in [-0.15, -0.1) is 0 Å². The number of ether oxygens (including phenoxy) is 1. The fourth-order valence-electron chi connectivity index (χ4n) is 5.60. The van der Waals surface area contributed by atoms with Gasteiger partial charge in [0.1, 0.15) is 17.7 Å². The summed E-state index contributed by atoms with van der Waals surface area (Å²) in [7, 11) is -3.35. The molecule has 2 heterocycles. The molecule has 0 aromatic heterocycles. The van der Waals surface area contributed by atoms with E-state index < -0.39 is 10.0 Å². The molecule has 0 bridgehead atoms. The summed E-state index contributed by atoms with van der Waals surface area (Å²) in [6.07, 6.45) is 1.46. The smallest absolute Gasteiger partial charge is 0.218 e. The summed E-state index contributed by atoms with van der Waals surface area (Å²) in [4.78, 5) is 2.28. The van der Waals surface area contributed by atoms with Crippen LogP contribution in [0.25, 0.3) is 11.3 Å². The first-order valence-electron chi connectivity index (χ1n) is 12.5. The monoisotopic (exact) mass is 504 g/mol. The van der Waals surface area contributed by atoms with E-state index in [0.717, 1.165) is 40.9 Å². The summed E-state index contributed by atoms with van der Waals surface area (Å²) in [5.41, 5.74) is 6.29. The lowest BCUT2D eigenvalue weighted by Crippen LogP contribution is -2.50. The van der Waals surface area contributed by atoms with Crippen LogP contribution >= 0.6 is 0 Å². The van der Waals surface area contributed by atoms with E-state index in [0.29, 0.717) is 32.7 Å². The van der Waals surface area contributed by atoms with Crippen molar-refractivity contribution >= 4 is 21.4 Å². The van der Waals surface area contributed by atoms with Gasteiger partial charge in [-0.3, -0.25) is 4.90 Å². The van der Waals surface area contributed by atoms with Crippen LogP contribution in [-0.4, -0.2) is 56.5 Å². The summed E-state index contributed by atoms with van der Waals surface area (Å²) in [6.45, 7) is 3.00. The molecule has 186 valence electrons. The summed E-state index contributed by atoms with van der Waals surface area (Å²) in [5.74, 6) is 0.570. The molecule has 36 heavy (non-hydrogen) atoms. The highest BCUT2D eigenvalue weighted by Gasteiger charge is 2.35. The van der Waals surface area contributed by atoms with Crippen LogP contribution in [0, 0.1) is 5.82 Å². The Balaban J connectivity index is 1.14. The van der Waals surface area contributed by atoms with E-state index >= 15 is 0 Å². The Morgan fingerprint density at radius 2 is 1.58 bits per heavy atom. The van der Waals surface area contributed by atoms with Crippen LogP contribution in [0.4, 0.5) is 4.39 Å². The van der Waals surface area contributed by atoms with E-state index in [-0.39, 0.29) is 17.7 Å². The highest BCUT2D eigenvalue weighted by Crippen LogP contribution is 2.44. The number of fused-ring (bicyclic) bond motifs is 4. The second-order valence-electron chi connectivity index (χ2n) is 9.83. The third-order valence-corrected chi connectivity index (χ3v) is 9.26. The molecule has 1 saturated heterocycles. The minimum absolute atomic E-state index is 0.0333. The van der Waals surface area contributed by atoms with Gasteiger partial charge < -0.3 is 4.74 Å². The Labute approximate surface area is 211 Å². The van der Waals surface area contributed by atoms with Crippen molar-refractivity contribution in [2.75, 3.05) is 32.7 Å². The third-order valence-electron chi connectivity index (χ3n) is 7.41. The molecule has 0 N–H and O–H groups in total. The first-order valence-corrected chi connectivity index (χ1v) is 14.1. The predicted octanol–water partition coefficient (Wildman–Crippen LogP) is 4.53. The van der Waals surface area contributed by atoms with E-state index in [9.17, 15) is 12.8 Å². The SMILES string of the molecule is O=S(=O)(Cc1ccccc1)N1CCN(CC2CC3=C(O2)c2cc(F)ccc2Cc2ccccc23)CC1. The number of halogens is 1. The van der Waals surface area contributed by atoms with Crippen molar-refractivity contribution < 1.29 is 17.5 Å². The van der Waals surface area contributed by atoms with Crippen LogP contribution in [0.1, 0.15) is 34.2 Å². The molecule has 0 saturated carbocycles. The van der Waals surface area contributed by atoms with E-state index in [1.165, 1.54) is 17.2 Å². The molecular weight excluding hydrogens is 475 g/mol. The topological polar surface area (TPSA) is 49.9 Å². The summed E-state index contributed by atoms with van der Waals surface area (Å²) in [5, 5.41) is 0. The highest BCUT2D eigenvalue weighted by molar-refractivity contribution is 7.88. The van der Waals surface area contributed by atoms with Gasteiger partial charge in [0.15, 0.2) is 0 Å². The lowest BCUT2D eigenvalue weighted by Gasteiger charge is -2.35. The molecule has 0 spiro atoms. The fourth-order valence-corrected chi connectivity index (χ4v) is 7.12. The van der Waals surface area contributed by atoms with Crippen LogP contribution in [0.15, 0.2) is 72.8 Å². The van der Waals surface area contributed by atoms with Crippen molar-refractivity contribution in [1.29, 1.82) is 0 Å². The number of benzene rings is 3. The van der Waals surface area contributed by atoms with Gasteiger partial charge in [0, 0.05) is 50.3 Å². The average molecular weight is 505 g/mol. The van der Waals surface area contributed by atoms with E-state index in [4.69, 9.17) is 4.74 Å². The first kappa shape index (κ1) is 23.4. The molecule has 1 atom stereocenters. The molecule has 0 radical (unpaired) electrons. The maximum absolute atomic E-state index is 14.2. The number of hydrogen-bond donors (Lipinski definition) is 0. The van der Waals surface area contributed by atoms with Gasteiger partial charge in [-0.1, -0.05) is 60.7 Å². The van der Waals surface area contributed by atoms with Crippen LogP contribution in [0.2, 0.25) is 0 Å². The number of nitrogens with zero attached hydrogens (tertiary/aromatic N) is 2. The highest BCUT2D eigenvalue weighted by atomic mass is 32.2. The van der Waals surface area contributed by atoms with Gasteiger partial charge in [-0.25, -0.2) is 12.8 Å². The maximum Gasteiger partial charge on any atom is 0.218 e. The standard InChI is InChI=1S/C29H29FN2O3S/c30-24-11-10-23-16-22-8-4-5-9-26(22)28-18-25(35-29(28)27(23)17-24)19-31-12-14-32(15-13-31)36(33,34)20-21-6-2-1-3-7-21/h1-11,17,25H,12-16,18-20H2. The van der Waals surface area contributed by atoms with E-state index in [1.54, 1.807) is 10.4 Å². The van der Waals surface area contributed by atoms with Crippen LogP contribution in [-0.2, 0) is 26.9 Å². The lowest BCUT2D eigenvalue weighted by molar-refractivity contribution is 0.102. The summed E-state index contributed by atoms with van der Waals surface area (Å²) >= 11 is 0. The van der Waals surface area contributed by atoms with Crippen molar-refractivity contribution in [3.8, 4) is 0 Å². The average Bonchev–Trinajstić information content (AvgIpc) is 3.24. The zero-order chi connectivity index (χ0) is 24.7. The molecule has 1 aliphatic carbocycles. The van der Waals surface area contributed by atoms with Gasteiger partial charge in [0.2, 0.25) is 10.0 Å². The Morgan fingerprint density at radius 1 is 0.861 bits per heavy atom. The lowest BCUT2D eigenvalue weighted by atomic mass is 9.95. The summed E-state index contributed by atoms with van der Waals surface area (Å²) in [6, 6.07) is 22.7. The van der Waals surface area contributed by atoms with Gasteiger partial charge in [-0.2, -0.15) is 4.31 Å². The van der Waals surface area contributed by atoms with Crippen LogP contribution in [0.3, 0.4) is 0 Å². The Morgan fingerprint density at radius 3 is 2.39 bits per heavy atom. The van der Waals surface area contributed by atoms with E-state index in [2.05, 4.69) is 17.0 Å². The molecule has 1 fully saturated rings. The molecule has 1 unspecified atom stereocenters. The molecule has 2 aliphatic heterocycles. The molecule has 5 nitrogen and oxygen atoms in total. The molecule has 3 aliphatic rings. The zero-order valence-corrected chi connectivity index (χ0v) is 20.9. The van der Waals surface area contributed by atoms with Gasteiger partial charge >= 0.3 is 0 Å². The Bertz CT molecular complexity index is 1410. The van der Waals surface area contributed by atoms with Crippen molar-refractivity contribution in [2.24, 2.45) is 0 Å². The Kier molecular flexibility index (Phi) is 6.15. The quantitative estimate of drug-likeness (QED) is 0.512. The van der Waals surface area contributed by atoms with Crippen molar-refractivity contribution in [2.45, 2.75) is 24.7 Å². The molecule has 3 aromatic rings. The maximum atomic E-state index is 14.2. The molecule has 3 aromatic carbocycles. The second-order valence-corrected chi connectivity index (χ2v) is 11.8. The normalized spacial score (nSPS) is 20.3.